The number of nitrogen functional groups attached to an aromatic ring is 1. The van der Waals surface area contributed by atoms with Gasteiger partial charge in [0.05, 0.1) is 5.71 Å². The summed E-state index contributed by atoms with van der Waals surface area (Å²) in [5.74, 6) is -0.0750. The summed E-state index contributed by atoms with van der Waals surface area (Å²) in [5, 5.41) is 6.91. The minimum atomic E-state index is -0.326. The zero-order chi connectivity index (χ0) is 19.1. The molecule has 2 aromatic carbocycles. The van der Waals surface area contributed by atoms with Crippen molar-refractivity contribution in [3.8, 4) is 0 Å². The second-order valence-electron chi connectivity index (χ2n) is 6.49. The van der Waals surface area contributed by atoms with E-state index in [0.717, 1.165) is 5.56 Å². The number of hydrazone groups is 1. The fourth-order valence-corrected chi connectivity index (χ4v) is 2.32. The third-order valence-corrected chi connectivity index (χ3v) is 3.65. The van der Waals surface area contributed by atoms with E-state index in [1.807, 2.05) is 26.0 Å². The Labute approximate surface area is 153 Å². The minimum absolute atomic E-state index is 0.0421. The van der Waals surface area contributed by atoms with Crippen LogP contribution in [0.4, 0.5) is 11.4 Å². The molecule has 6 nitrogen and oxygen atoms in total. The molecular weight excluding hydrogens is 328 g/mol. The van der Waals surface area contributed by atoms with E-state index in [0.29, 0.717) is 35.0 Å². The van der Waals surface area contributed by atoms with Crippen molar-refractivity contribution in [2.24, 2.45) is 11.0 Å². The van der Waals surface area contributed by atoms with E-state index in [2.05, 4.69) is 15.8 Å². The van der Waals surface area contributed by atoms with E-state index in [1.54, 1.807) is 43.3 Å². The van der Waals surface area contributed by atoms with Crippen molar-refractivity contribution >= 4 is 28.9 Å². The van der Waals surface area contributed by atoms with Crippen molar-refractivity contribution in [1.29, 1.82) is 0 Å². The van der Waals surface area contributed by atoms with Crippen molar-refractivity contribution in [3.05, 3.63) is 59.7 Å². The summed E-state index contributed by atoms with van der Waals surface area (Å²) in [6.07, 6.45) is 0.459. The molecule has 0 aliphatic heterocycles. The molecule has 0 aliphatic rings. The average molecular weight is 352 g/mol. The van der Waals surface area contributed by atoms with Crippen LogP contribution in [-0.4, -0.2) is 17.5 Å². The zero-order valence-corrected chi connectivity index (χ0v) is 15.2. The van der Waals surface area contributed by atoms with E-state index >= 15 is 0 Å². The topological polar surface area (TPSA) is 96.6 Å². The Kier molecular flexibility index (Phi) is 6.49. The van der Waals surface area contributed by atoms with Gasteiger partial charge in [0.1, 0.15) is 0 Å². The van der Waals surface area contributed by atoms with Gasteiger partial charge < -0.3 is 11.1 Å². The monoisotopic (exact) mass is 352 g/mol. The maximum absolute atomic E-state index is 12.2. The summed E-state index contributed by atoms with van der Waals surface area (Å²) >= 11 is 0. The van der Waals surface area contributed by atoms with Crippen LogP contribution in [0.5, 0.6) is 0 Å². The first-order valence-electron chi connectivity index (χ1n) is 8.45. The number of nitrogens with zero attached hydrogens (tertiary/aromatic N) is 1. The number of amides is 2. The third-order valence-electron chi connectivity index (χ3n) is 3.65. The molecule has 0 spiro atoms. The second-order valence-corrected chi connectivity index (χ2v) is 6.49. The molecule has 2 aromatic rings. The van der Waals surface area contributed by atoms with Crippen molar-refractivity contribution in [1.82, 2.24) is 5.43 Å². The highest BCUT2D eigenvalue weighted by Gasteiger charge is 2.08. The van der Waals surface area contributed by atoms with Crippen LogP contribution in [0.15, 0.2) is 53.6 Å². The zero-order valence-electron chi connectivity index (χ0n) is 15.2. The van der Waals surface area contributed by atoms with Gasteiger partial charge in [-0.3, -0.25) is 9.59 Å². The fourth-order valence-electron chi connectivity index (χ4n) is 2.32. The molecule has 0 fully saturated rings. The summed E-state index contributed by atoms with van der Waals surface area (Å²) in [7, 11) is 0. The number of nitrogens with one attached hydrogen (secondary N) is 2. The lowest BCUT2D eigenvalue weighted by atomic mass is 10.1. The summed E-state index contributed by atoms with van der Waals surface area (Å²) in [6, 6.07) is 14.0. The second kappa shape index (κ2) is 8.80. The molecule has 2 amide bonds. The first kappa shape index (κ1) is 19.2. The number of carbonyl (C=O) groups is 2. The van der Waals surface area contributed by atoms with Gasteiger partial charge in [-0.2, -0.15) is 5.10 Å². The van der Waals surface area contributed by atoms with Gasteiger partial charge in [0, 0.05) is 23.4 Å². The number of anilines is 2. The largest absolute Gasteiger partial charge is 0.399 e. The molecular formula is C20H24N4O2. The molecule has 0 unspecified atom stereocenters. The van der Waals surface area contributed by atoms with Crippen LogP contribution in [0.3, 0.4) is 0 Å². The summed E-state index contributed by atoms with van der Waals surface area (Å²) in [6.45, 7) is 5.76. The highest BCUT2D eigenvalue weighted by atomic mass is 16.2. The van der Waals surface area contributed by atoms with E-state index < -0.39 is 0 Å². The smallest absolute Gasteiger partial charge is 0.271 e. The predicted molar refractivity (Wildman–Crippen MR) is 105 cm³/mol. The van der Waals surface area contributed by atoms with Crippen LogP contribution in [0.2, 0.25) is 0 Å². The number of carbonyl (C=O) groups excluding carboxylic acids is 2. The van der Waals surface area contributed by atoms with Crippen molar-refractivity contribution < 1.29 is 9.59 Å². The Bertz CT molecular complexity index is 811. The summed E-state index contributed by atoms with van der Waals surface area (Å²) < 4.78 is 0. The van der Waals surface area contributed by atoms with E-state index in [1.165, 1.54) is 0 Å². The van der Waals surface area contributed by atoms with Crippen LogP contribution in [0.1, 0.15) is 43.1 Å². The molecule has 136 valence electrons. The van der Waals surface area contributed by atoms with Crippen LogP contribution in [0.25, 0.3) is 0 Å². The Morgan fingerprint density at radius 3 is 2.38 bits per heavy atom. The molecule has 0 aliphatic carbocycles. The Balaban J connectivity index is 1.97. The number of nitrogens with two attached hydrogens (primary N) is 1. The quantitative estimate of drug-likeness (QED) is 0.422. The molecule has 0 aromatic heterocycles. The van der Waals surface area contributed by atoms with Gasteiger partial charge >= 0.3 is 0 Å². The molecule has 0 radical (unpaired) electrons. The van der Waals surface area contributed by atoms with E-state index in [9.17, 15) is 9.59 Å². The van der Waals surface area contributed by atoms with Gasteiger partial charge in [-0.1, -0.05) is 26.0 Å². The summed E-state index contributed by atoms with van der Waals surface area (Å²) in [4.78, 5) is 24.0. The lowest BCUT2D eigenvalue weighted by Gasteiger charge is -2.08. The Hall–Kier alpha value is -3.15. The van der Waals surface area contributed by atoms with Gasteiger partial charge in [-0.25, -0.2) is 5.43 Å². The normalized spacial score (nSPS) is 11.3. The molecule has 0 bridgehead atoms. The minimum Gasteiger partial charge on any atom is -0.399 e. The van der Waals surface area contributed by atoms with Crippen molar-refractivity contribution in [3.63, 3.8) is 0 Å². The van der Waals surface area contributed by atoms with Gasteiger partial charge in [0.15, 0.2) is 0 Å². The number of benzene rings is 2. The van der Waals surface area contributed by atoms with Gasteiger partial charge in [-0.15, -0.1) is 0 Å². The highest BCUT2D eigenvalue weighted by molar-refractivity contribution is 6.01. The van der Waals surface area contributed by atoms with Gasteiger partial charge in [-0.05, 0) is 54.8 Å². The van der Waals surface area contributed by atoms with Crippen LogP contribution < -0.4 is 16.5 Å². The lowest BCUT2D eigenvalue weighted by Crippen LogP contribution is -2.19. The molecule has 0 atom stereocenters. The molecule has 0 heterocycles. The highest BCUT2D eigenvalue weighted by Crippen LogP contribution is 2.12. The fraction of sp³-hybridized carbons (Fsp3) is 0.250. The molecule has 4 N–H and O–H groups in total. The number of hydrogen-bond donors (Lipinski definition) is 3. The Morgan fingerprint density at radius 2 is 1.77 bits per heavy atom. The predicted octanol–water partition coefficient (Wildman–Crippen LogP) is 3.41. The molecule has 0 saturated heterocycles. The van der Waals surface area contributed by atoms with E-state index in [4.69, 9.17) is 5.73 Å². The van der Waals surface area contributed by atoms with Crippen LogP contribution in [0, 0.1) is 5.92 Å². The first-order chi connectivity index (χ1) is 12.3. The average Bonchev–Trinajstić information content (AvgIpc) is 2.59. The van der Waals surface area contributed by atoms with Gasteiger partial charge in [0.2, 0.25) is 5.91 Å². The third kappa shape index (κ3) is 5.73. The molecule has 26 heavy (non-hydrogen) atoms. The maximum atomic E-state index is 12.2. The summed E-state index contributed by atoms with van der Waals surface area (Å²) in [5.41, 5.74) is 11.5. The SMILES string of the molecule is C/C(=N\NC(=O)c1ccc(NC(=O)CC(C)C)cc1)c1cccc(N)c1. The molecule has 2 rings (SSSR count). The standard InChI is InChI=1S/C20H24N4O2/c1-13(2)11-19(25)22-18-9-7-15(8-10-18)20(26)24-23-14(3)16-5-4-6-17(21)12-16/h4-10,12-13H,11,21H2,1-3H3,(H,22,25)(H,24,26)/b23-14+. The first-order valence-corrected chi connectivity index (χ1v) is 8.45. The number of hydrogen-bond acceptors (Lipinski definition) is 4. The van der Waals surface area contributed by atoms with Crippen LogP contribution in [-0.2, 0) is 4.79 Å². The van der Waals surface area contributed by atoms with Gasteiger partial charge in [0.25, 0.3) is 5.91 Å². The Morgan fingerprint density at radius 1 is 1.08 bits per heavy atom. The van der Waals surface area contributed by atoms with Crippen molar-refractivity contribution in [2.45, 2.75) is 27.2 Å². The molecule has 6 heteroatoms. The molecule has 0 saturated carbocycles. The maximum Gasteiger partial charge on any atom is 0.271 e. The lowest BCUT2D eigenvalue weighted by molar-refractivity contribution is -0.116. The van der Waals surface area contributed by atoms with Crippen molar-refractivity contribution in [2.75, 3.05) is 11.1 Å². The number of rotatable bonds is 6. The van der Waals surface area contributed by atoms with Crippen LogP contribution >= 0.6 is 0 Å². The van der Waals surface area contributed by atoms with E-state index in [-0.39, 0.29) is 11.8 Å².